The van der Waals surface area contributed by atoms with Gasteiger partial charge in [0.25, 0.3) is 0 Å². The molecular weight excluding hydrogens is 260 g/mol. The summed E-state index contributed by atoms with van der Waals surface area (Å²) >= 11 is 0. The molecule has 0 unspecified atom stereocenters. The molecule has 1 saturated heterocycles. The molecule has 0 bridgehead atoms. The summed E-state index contributed by atoms with van der Waals surface area (Å²) in [5.74, 6) is 1.06. The minimum absolute atomic E-state index is 0.750. The van der Waals surface area contributed by atoms with E-state index in [-0.39, 0.29) is 0 Å². The lowest BCUT2D eigenvalue weighted by Gasteiger charge is -2.20. The summed E-state index contributed by atoms with van der Waals surface area (Å²) in [6.45, 7) is 7.04. The van der Waals surface area contributed by atoms with Crippen LogP contribution in [0.3, 0.4) is 0 Å². The van der Waals surface area contributed by atoms with Crippen molar-refractivity contribution >= 4 is 5.96 Å². The predicted octanol–water partition coefficient (Wildman–Crippen LogP) is 2.31. The molecule has 0 spiro atoms. The van der Waals surface area contributed by atoms with Crippen molar-refractivity contribution in [3.05, 3.63) is 35.4 Å². The largest absolute Gasteiger partial charge is 0.357 e. The first-order valence-electron chi connectivity index (χ1n) is 7.95. The van der Waals surface area contributed by atoms with Gasteiger partial charge in [-0.2, -0.15) is 0 Å². The second-order valence-corrected chi connectivity index (χ2v) is 5.92. The molecule has 0 radical (unpaired) electrons. The minimum atomic E-state index is 0.750. The Kier molecular flexibility index (Phi) is 6.05. The van der Waals surface area contributed by atoms with Crippen LogP contribution in [-0.2, 0) is 13.1 Å². The van der Waals surface area contributed by atoms with Crippen LogP contribution in [0.15, 0.2) is 29.3 Å². The van der Waals surface area contributed by atoms with Crippen molar-refractivity contribution in [2.45, 2.75) is 32.9 Å². The van der Waals surface area contributed by atoms with Gasteiger partial charge in [-0.15, -0.1) is 0 Å². The zero-order valence-electron chi connectivity index (χ0n) is 13.6. The zero-order chi connectivity index (χ0) is 15.1. The van der Waals surface area contributed by atoms with Crippen molar-refractivity contribution in [1.29, 1.82) is 0 Å². The SMILES string of the molecule is CCNC(=NCc1cccc(CN(C)C)c1)N1CCCC1. The van der Waals surface area contributed by atoms with E-state index in [1.54, 1.807) is 0 Å². The lowest BCUT2D eigenvalue weighted by atomic mass is 10.1. The van der Waals surface area contributed by atoms with E-state index in [0.29, 0.717) is 0 Å². The average molecular weight is 288 g/mol. The number of aliphatic imine (C=N–C) groups is 1. The lowest BCUT2D eigenvalue weighted by molar-refractivity contribution is 0.402. The third kappa shape index (κ3) is 5.05. The van der Waals surface area contributed by atoms with Crippen molar-refractivity contribution in [2.75, 3.05) is 33.7 Å². The van der Waals surface area contributed by atoms with Crippen molar-refractivity contribution < 1.29 is 0 Å². The fourth-order valence-electron chi connectivity index (χ4n) is 2.71. The highest BCUT2D eigenvalue weighted by molar-refractivity contribution is 5.80. The van der Waals surface area contributed by atoms with E-state index in [9.17, 15) is 0 Å². The number of guanidine groups is 1. The standard InChI is InChI=1S/C17H28N4/c1-4-18-17(21-10-5-6-11-21)19-13-15-8-7-9-16(12-15)14-20(2)3/h7-9,12H,4-6,10-11,13-14H2,1-3H3,(H,18,19). The molecule has 116 valence electrons. The Morgan fingerprint density at radius 3 is 2.62 bits per heavy atom. The van der Waals surface area contributed by atoms with Gasteiger partial charge < -0.3 is 15.1 Å². The molecule has 4 nitrogen and oxygen atoms in total. The molecule has 1 aromatic rings. The van der Waals surface area contributed by atoms with Gasteiger partial charge in [-0.3, -0.25) is 0 Å². The number of hydrogen-bond acceptors (Lipinski definition) is 2. The molecule has 0 atom stereocenters. The number of nitrogens with one attached hydrogen (secondary N) is 1. The summed E-state index contributed by atoms with van der Waals surface area (Å²) in [6, 6.07) is 8.73. The fourth-order valence-corrected chi connectivity index (χ4v) is 2.71. The van der Waals surface area contributed by atoms with E-state index in [4.69, 9.17) is 4.99 Å². The van der Waals surface area contributed by atoms with Crippen LogP contribution in [-0.4, -0.2) is 49.5 Å². The number of benzene rings is 1. The maximum absolute atomic E-state index is 4.80. The molecular formula is C17H28N4. The van der Waals surface area contributed by atoms with Crippen molar-refractivity contribution in [3.8, 4) is 0 Å². The Morgan fingerprint density at radius 2 is 1.95 bits per heavy atom. The zero-order valence-corrected chi connectivity index (χ0v) is 13.6. The molecule has 1 fully saturated rings. The van der Waals surface area contributed by atoms with Crippen LogP contribution >= 0.6 is 0 Å². The molecule has 4 heteroatoms. The van der Waals surface area contributed by atoms with Crippen LogP contribution in [0, 0.1) is 0 Å². The molecule has 0 amide bonds. The van der Waals surface area contributed by atoms with Crippen molar-refractivity contribution in [3.63, 3.8) is 0 Å². The Balaban J connectivity index is 2.02. The van der Waals surface area contributed by atoms with Gasteiger partial charge in [0.1, 0.15) is 0 Å². The maximum Gasteiger partial charge on any atom is 0.194 e. The van der Waals surface area contributed by atoms with E-state index < -0.39 is 0 Å². The Morgan fingerprint density at radius 1 is 1.24 bits per heavy atom. The van der Waals surface area contributed by atoms with Gasteiger partial charge in [0.2, 0.25) is 0 Å². The first-order valence-corrected chi connectivity index (χ1v) is 7.95. The highest BCUT2D eigenvalue weighted by Crippen LogP contribution is 2.11. The number of hydrogen-bond donors (Lipinski definition) is 1. The second kappa shape index (κ2) is 8.03. The maximum atomic E-state index is 4.80. The summed E-state index contributed by atoms with van der Waals surface area (Å²) in [4.78, 5) is 9.36. The quantitative estimate of drug-likeness (QED) is 0.666. The van der Waals surface area contributed by atoms with E-state index in [1.807, 2.05) is 0 Å². The normalized spacial score (nSPS) is 15.8. The van der Waals surface area contributed by atoms with Gasteiger partial charge in [-0.05, 0) is 45.0 Å². The van der Waals surface area contributed by atoms with E-state index in [1.165, 1.54) is 24.0 Å². The van der Waals surface area contributed by atoms with Gasteiger partial charge in [0.15, 0.2) is 5.96 Å². The Hall–Kier alpha value is -1.55. The number of nitrogens with zero attached hydrogens (tertiary/aromatic N) is 3. The molecule has 0 aliphatic carbocycles. The fraction of sp³-hybridized carbons (Fsp3) is 0.588. The summed E-state index contributed by atoms with van der Waals surface area (Å²) in [6.07, 6.45) is 2.56. The predicted molar refractivity (Wildman–Crippen MR) is 89.5 cm³/mol. The van der Waals surface area contributed by atoms with Gasteiger partial charge in [0.05, 0.1) is 6.54 Å². The average Bonchev–Trinajstić information content (AvgIpc) is 2.97. The van der Waals surface area contributed by atoms with E-state index in [2.05, 4.69) is 60.4 Å². The topological polar surface area (TPSA) is 30.9 Å². The van der Waals surface area contributed by atoms with Crippen molar-refractivity contribution in [1.82, 2.24) is 15.1 Å². The molecule has 0 saturated carbocycles. The van der Waals surface area contributed by atoms with Crippen molar-refractivity contribution in [2.24, 2.45) is 4.99 Å². The molecule has 2 rings (SSSR count). The van der Waals surface area contributed by atoms with Gasteiger partial charge >= 0.3 is 0 Å². The molecule has 1 aromatic carbocycles. The van der Waals surface area contributed by atoms with Crippen LogP contribution < -0.4 is 5.32 Å². The molecule has 1 heterocycles. The smallest absolute Gasteiger partial charge is 0.194 e. The summed E-state index contributed by atoms with van der Waals surface area (Å²) < 4.78 is 0. The van der Waals surface area contributed by atoms with Crippen LogP contribution in [0.5, 0.6) is 0 Å². The molecule has 1 aliphatic heterocycles. The van der Waals surface area contributed by atoms with Gasteiger partial charge in [0, 0.05) is 26.2 Å². The first-order chi connectivity index (χ1) is 10.2. The third-order valence-corrected chi connectivity index (χ3v) is 3.64. The Bertz CT molecular complexity index is 462. The summed E-state index contributed by atoms with van der Waals surface area (Å²) in [5.41, 5.74) is 2.63. The number of likely N-dealkylation sites (tertiary alicyclic amines) is 1. The molecule has 1 N–H and O–H groups in total. The van der Waals surface area contributed by atoms with Gasteiger partial charge in [-0.1, -0.05) is 24.3 Å². The number of rotatable bonds is 5. The minimum Gasteiger partial charge on any atom is -0.357 e. The van der Waals surface area contributed by atoms with Gasteiger partial charge in [-0.25, -0.2) is 4.99 Å². The van der Waals surface area contributed by atoms with Crippen LogP contribution in [0.4, 0.5) is 0 Å². The summed E-state index contributed by atoms with van der Waals surface area (Å²) in [5, 5.41) is 3.41. The second-order valence-electron chi connectivity index (χ2n) is 5.92. The highest BCUT2D eigenvalue weighted by atomic mass is 15.3. The third-order valence-electron chi connectivity index (χ3n) is 3.64. The monoisotopic (exact) mass is 288 g/mol. The van der Waals surface area contributed by atoms with E-state index in [0.717, 1.165) is 38.7 Å². The first kappa shape index (κ1) is 15.8. The Labute approximate surface area is 128 Å². The van der Waals surface area contributed by atoms with Crippen LogP contribution in [0.2, 0.25) is 0 Å². The highest BCUT2D eigenvalue weighted by Gasteiger charge is 2.15. The molecule has 1 aliphatic rings. The van der Waals surface area contributed by atoms with Crippen LogP contribution in [0.1, 0.15) is 30.9 Å². The van der Waals surface area contributed by atoms with Crippen LogP contribution in [0.25, 0.3) is 0 Å². The summed E-state index contributed by atoms with van der Waals surface area (Å²) in [7, 11) is 4.20. The lowest BCUT2D eigenvalue weighted by Crippen LogP contribution is -2.39. The molecule has 0 aromatic heterocycles. The van der Waals surface area contributed by atoms with E-state index >= 15 is 0 Å². The molecule has 21 heavy (non-hydrogen) atoms.